The zero-order valence-corrected chi connectivity index (χ0v) is 11.6. The number of aliphatic hydroxyl groups excluding tert-OH is 1. The van der Waals surface area contributed by atoms with Crippen LogP contribution in [0.15, 0.2) is 18.2 Å². The van der Waals surface area contributed by atoms with Crippen LogP contribution < -0.4 is 5.32 Å². The van der Waals surface area contributed by atoms with Crippen LogP contribution in [0.2, 0.25) is 0 Å². The number of phenolic OH excluding ortho intramolecular Hbond substituents is 1. The fourth-order valence-electron chi connectivity index (χ4n) is 1.65. The van der Waals surface area contributed by atoms with E-state index in [1.165, 1.54) is 24.1 Å². The zero-order chi connectivity index (χ0) is 15.8. The summed E-state index contributed by atoms with van der Waals surface area (Å²) < 4.78 is 4.87. The monoisotopic (exact) mass is 298 g/mol. The molecule has 0 aromatic heterocycles. The maximum Gasteiger partial charge on any atom is 0.337 e. The summed E-state index contributed by atoms with van der Waals surface area (Å²) in [4.78, 5) is 24.4. The van der Waals surface area contributed by atoms with Crippen LogP contribution >= 0.6 is 0 Å². The van der Waals surface area contributed by atoms with Gasteiger partial charge in [0.2, 0.25) is 0 Å². The van der Waals surface area contributed by atoms with Gasteiger partial charge in [0.05, 0.1) is 24.5 Å². The number of aliphatic hydroxyl groups is 1. The van der Waals surface area contributed by atoms with Crippen molar-refractivity contribution < 1.29 is 29.6 Å². The van der Waals surface area contributed by atoms with Crippen LogP contribution in [-0.4, -0.2) is 65.6 Å². The maximum atomic E-state index is 12.1. The van der Waals surface area contributed by atoms with Gasteiger partial charge < -0.3 is 30.3 Å². The van der Waals surface area contributed by atoms with Crippen molar-refractivity contribution in [1.29, 1.82) is 0 Å². The summed E-state index contributed by atoms with van der Waals surface area (Å²) in [6, 6.07) is 3.05. The van der Waals surface area contributed by atoms with E-state index in [9.17, 15) is 14.7 Å². The lowest BCUT2D eigenvalue weighted by Crippen LogP contribution is -2.39. The number of nitrogens with zero attached hydrogens (tertiary/aromatic N) is 1. The highest BCUT2D eigenvalue weighted by atomic mass is 16.5. The molecule has 2 amide bonds. The molecule has 1 aromatic carbocycles. The molecule has 0 aliphatic rings. The molecule has 1 aromatic rings. The second-order valence-corrected chi connectivity index (χ2v) is 4.17. The molecular weight excluding hydrogens is 280 g/mol. The molecule has 116 valence electrons. The Hall–Kier alpha value is -2.32. The number of rotatable bonds is 7. The number of methoxy groups -OCH3 is 1. The Morgan fingerprint density at radius 2 is 2.05 bits per heavy atom. The lowest BCUT2D eigenvalue weighted by Gasteiger charge is -2.22. The molecule has 0 fully saturated rings. The number of nitrogens with one attached hydrogen (secondary N) is 1. The molecule has 0 spiro atoms. The first-order valence-electron chi connectivity index (χ1n) is 6.21. The Labute approximate surface area is 121 Å². The van der Waals surface area contributed by atoms with Crippen molar-refractivity contribution >= 4 is 17.7 Å². The second kappa shape index (κ2) is 8.08. The Bertz CT molecular complexity index is 505. The fourth-order valence-corrected chi connectivity index (χ4v) is 1.65. The molecule has 0 radical (unpaired) electrons. The molecule has 0 aliphatic carbocycles. The van der Waals surface area contributed by atoms with Crippen LogP contribution in [-0.2, 0) is 4.74 Å². The molecule has 21 heavy (non-hydrogen) atoms. The molecular formula is C13H18N2O6. The summed E-state index contributed by atoms with van der Waals surface area (Å²) in [5.41, 5.74) is -0.162. The smallest absolute Gasteiger partial charge is 0.337 e. The Morgan fingerprint density at radius 1 is 1.33 bits per heavy atom. The average Bonchev–Trinajstić information content (AvgIpc) is 2.45. The van der Waals surface area contributed by atoms with E-state index in [4.69, 9.17) is 14.9 Å². The summed E-state index contributed by atoms with van der Waals surface area (Å²) in [6.45, 7) is 0.409. The van der Waals surface area contributed by atoms with Crippen LogP contribution in [0.4, 0.5) is 10.5 Å². The van der Waals surface area contributed by atoms with Gasteiger partial charge in [-0.15, -0.1) is 0 Å². The van der Waals surface area contributed by atoms with Crippen LogP contribution in [0.25, 0.3) is 0 Å². The first kappa shape index (κ1) is 16.7. The summed E-state index contributed by atoms with van der Waals surface area (Å²) in [7, 11) is 1.48. The number of urea groups is 1. The SMILES string of the molecule is COCCN(CCO)C(=O)Nc1ccc(O)cc1C(=O)O. The highest BCUT2D eigenvalue weighted by molar-refractivity contribution is 6.00. The van der Waals surface area contributed by atoms with Crippen molar-refractivity contribution in [2.45, 2.75) is 0 Å². The molecule has 0 bridgehead atoms. The molecule has 0 heterocycles. The Kier molecular flexibility index (Phi) is 6.44. The summed E-state index contributed by atoms with van der Waals surface area (Å²) >= 11 is 0. The lowest BCUT2D eigenvalue weighted by molar-refractivity contribution is 0.0697. The van der Waals surface area contributed by atoms with Gasteiger partial charge in [0.15, 0.2) is 0 Å². The third-order valence-electron chi connectivity index (χ3n) is 2.70. The number of carbonyl (C=O) groups excluding carboxylic acids is 1. The van der Waals surface area contributed by atoms with Crippen molar-refractivity contribution in [3.05, 3.63) is 23.8 Å². The minimum atomic E-state index is -1.27. The first-order chi connectivity index (χ1) is 9.99. The highest BCUT2D eigenvalue weighted by Gasteiger charge is 2.17. The van der Waals surface area contributed by atoms with E-state index < -0.39 is 12.0 Å². The predicted octanol–water partition coefficient (Wildman–Crippen LogP) is 0.563. The molecule has 4 N–H and O–H groups in total. The van der Waals surface area contributed by atoms with E-state index in [-0.39, 0.29) is 43.3 Å². The highest BCUT2D eigenvalue weighted by Crippen LogP contribution is 2.21. The Balaban J connectivity index is 2.87. The van der Waals surface area contributed by atoms with Gasteiger partial charge in [0.25, 0.3) is 0 Å². The standard InChI is InChI=1S/C13H18N2O6/c1-21-7-5-15(4-6-16)13(20)14-11-3-2-9(17)8-10(11)12(18)19/h2-3,8,16-17H,4-7H2,1H3,(H,14,20)(H,18,19). The largest absolute Gasteiger partial charge is 0.508 e. The quantitative estimate of drug-likeness (QED) is 0.546. The lowest BCUT2D eigenvalue weighted by atomic mass is 10.1. The minimum absolute atomic E-state index is 0.0608. The number of aromatic carboxylic acids is 1. The minimum Gasteiger partial charge on any atom is -0.508 e. The molecule has 8 nitrogen and oxygen atoms in total. The number of ether oxygens (including phenoxy) is 1. The van der Waals surface area contributed by atoms with Crippen molar-refractivity contribution in [1.82, 2.24) is 4.90 Å². The van der Waals surface area contributed by atoms with Crippen molar-refractivity contribution in [3.63, 3.8) is 0 Å². The fraction of sp³-hybridized carbons (Fsp3) is 0.385. The molecule has 0 saturated carbocycles. The third-order valence-corrected chi connectivity index (χ3v) is 2.70. The van der Waals surface area contributed by atoms with E-state index in [2.05, 4.69) is 5.32 Å². The van der Waals surface area contributed by atoms with Gasteiger partial charge in [0.1, 0.15) is 5.75 Å². The van der Waals surface area contributed by atoms with Crippen molar-refractivity contribution in [2.24, 2.45) is 0 Å². The molecule has 8 heteroatoms. The number of phenols is 1. The van der Waals surface area contributed by atoms with Crippen LogP contribution in [0.3, 0.4) is 0 Å². The number of carboxylic acid groups (broad SMARTS) is 1. The van der Waals surface area contributed by atoms with Crippen molar-refractivity contribution in [3.8, 4) is 5.75 Å². The zero-order valence-electron chi connectivity index (χ0n) is 11.6. The number of amides is 2. The van der Waals surface area contributed by atoms with Gasteiger partial charge in [-0.2, -0.15) is 0 Å². The van der Waals surface area contributed by atoms with E-state index in [0.29, 0.717) is 0 Å². The van der Waals surface area contributed by atoms with E-state index in [0.717, 1.165) is 6.07 Å². The average molecular weight is 298 g/mol. The topological polar surface area (TPSA) is 119 Å². The number of carbonyl (C=O) groups is 2. The molecule has 0 aliphatic heterocycles. The maximum absolute atomic E-state index is 12.1. The van der Waals surface area contributed by atoms with E-state index in [1.54, 1.807) is 0 Å². The second-order valence-electron chi connectivity index (χ2n) is 4.17. The molecule has 0 saturated heterocycles. The van der Waals surface area contributed by atoms with Crippen LogP contribution in [0, 0.1) is 0 Å². The summed E-state index contributed by atoms with van der Waals surface area (Å²) in [5.74, 6) is -1.48. The van der Waals surface area contributed by atoms with E-state index in [1.807, 2.05) is 0 Å². The number of hydrogen-bond acceptors (Lipinski definition) is 5. The predicted molar refractivity (Wildman–Crippen MR) is 74.6 cm³/mol. The number of benzene rings is 1. The van der Waals surface area contributed by atoms with Gasteiger partial charge in [-0.25, -0.2) is 9.59 Å². The summed E-state index contributed by atoms with van der Waals surface area (Å²) in [5, 5.41) is 29.7. The number of aromatic hydroxyl groups is 1. The van der Waals surface area contributed by atoms with Gasteiger partial charge >= 0.3 is 12.0 Å². The van der Waals surface area contributed by atoms with E-state index >= 15 is 0 Å². The number of hydrogen-bond donors (Lipinski definition) is 4. The molecule has 1 rings (SSSR count). The first-order valence-corrected chi connectivity index (χ1v) is 6.21. The van der Waals surface area contributed by atoms with Gasteiger partial charge in [-0.3, -0.25) is 0 Å². The Morgan fingerprint density at radius 3 is 2.62 bits per heavy atom. The van der Waals surface area contributed by atoms with Gasteiger partial charge in [-0.05, 0) is 18.2 Å². The van der Waals surface area contributed by atoms with Gasteiger partial charge in [0, 0.05) is 20.2 Å². The third kappa shape index (κ3) is 4.93. The number of anilines is 1. The number of carboxylic acids is 1. The van der Waals surface area contributed by atoms with Gasteiger partial charge in [-0.1, -0.05) is 0 Å². The van der Waals surface area contributed by atoms with Crippen LogP contribution in [0.1, 0.15) is 10.4 Å². The normalized spacial score (nSPS) is 10.2. The van der Waals surface area contributed by atoms with Crippen molar-refractivity contribution in [2.75, 3.05) is 38.7 Å². The van der Waals surface area contributed by atoms with Crippen LogP contribution in [0.5, 0.6) is 5.75 Å². The molecule has 0 unspecified atom stereocenters. The summed E-state index contributed by atoms with van der Waals surface area (Å²) in [6.07, 6.45) is 0. The molecule has 0 atom stereocenters.